The van der Waals surface area contributed by atoms with Crippen LogP contribution in [-0.2, 0) is 27.4 Å². The van der Waals surface area contributed by atoms with Crippen molar-refractivity contribution in [1.29, 1.82) is 0 Å². The standard InChI is InChI=1S/C23H24O2Si/c1-20(24)25-26(17-21-11-5-2-6-12-21,18-22-13-7-3-8-14-22)19-23-15-9-4-10-16-23/h2-16H,17-19H2,1H3. The summed E-state index contributed by atoms with van der Waals surface area (Å²) >= 11 is 0. The Balaban J connectivity index is 1.98. The molecule has 132 valence electrons. The van der Waals surface area contributed by atoms with Gasteiger partial charge in [-0.25, -0.2) is 0 Å². The van der Waals surface area contributed by atoms with E-state index in [0.29, 0.717) is 0 Å². The normalized spacial score (nSPS) is 11.1. The highest BCUT2D eigenvalue weighted by molar-refractivity contribution is 6.73. The third-order valence-corrected chi connectivity index (χ3v) is 8.35. The average Bonchev–Trinajstić information content (AvgIpc) is 2.63. The van der Waals surface area contributed by atoms with Crippen LogP contribution in [0.3, 0.4) is 0 Å². The van der Waals surface area contributed by atoms with Crippen LogP contribution in [0, 0.1) is 0 Å². The van der Waals surface area contributed by atoms with Crippen LogP contribution in [-0.4, -0.2) is 14.3 Å². The van der Waals surface area contributed by atoms with Crippen molar-refractivity contribution < 1.29 is 9.22 Å². The van der Waals surface area contributed by atoms with E-state index < -0.39 is 8.32 Å². The lowest BCUT2D eigenvalue weighted by Gasteiger charge is -2.31. The van der Waals surface area contributed by atoms with Gasteiger partial charge in [0, 0.05) is 25.1 Å². The van der Waals surface area contributed by atoms with Gasteiger partial charge in [0.05, 0.1) is 0 Å². The Morgan fingerprint density at radius 3 is 1.23 bits per heavy atom. The first-order valence-corrected chi connectivity index (χ1v) is 11.5. The molecule has 0 N–H and O–H groups in total. The zero-order valence-corrected chi connectivity index (χ0v) is 16.1. The summed E-state index contributed by atoms with van der Waals surface area (Å²) in [6.45, 7) is 1.53. The van der Waals surface area contributed by atoms with Crippen LogP contribution in [0.2, 0.25) is 0 Å². The molecule has 0 saturated carbocycles. The molecule has 26 heavy (non-hydrogen) atoms. The topological polar surface area (TPSA) is 26.3 Å². The number of benzene rings is 3. The predicted molar refractivity (Wildman–Crippen MR) is 108 cm³/mol. The Hall–Kier alpha value is -2.65. The molecule has 0 aromatic heterocycles. The van der Waals surface area contributed by atoms with Gasteiger partial charge in [-0.15, -0.1) is 0 Å². The Morgan fingerprint density at radius 1 is 0.654 bits per heavy atom. The second-order valence-electron chi connectivity index (χ2n) is 6.76. The molecule has 3 aromatic carbocycles. The fourth-order valence-electron chi connectivity index (χ4n) is 3.50. The van der Waals surface area contributed by atoms with Gasteiger partial charge in [0.2, 0.25) is 0 Å². The van der Waals surface area contributed by atoms with Gasteiger partial charge in [0.1, 0.15) is 0 Å². The first-order valence-electron chi connectivity index (χ1n) is 8.97. The summed E-state index contributed by atoms with van der Waals surface area (Å²) in [6, 6.07) is 33.6. The van der Waals surface area contributed by atoms with E-state index in [2.05, 4.69) is 36.4 Å². The minimum absolute atomic E-state index is 0.181. The van der Waals surface area contributed by atoms with Crippen molar-refractivity contribution in [1.82, 2.24) is 0 Å². The number of carbonyl (C=O) groups is 1. The molecule has 3 aromatic rings. The van der Waals surface area contributed by atoms with E-state index >= 15 is 0 Å². The molecule has 0 radical (unpaired) electrons. The number of hydrogen-bond donors (Lipinski definition) is 0. The predicted octanol–water partition coefficient (Wildman–Crippen LogP) is 4.84. The van der Waals surface area contributed by atoms with Crippen LogP contribution < -0.4 is 0 Å². The van der Waals surface area contributed by atoms with Crippen LogP contribution in [0.5, 0.6) is 0 Å². The van der Waals surface area contributed by atoms with Crippen molar-refractivity contribution in [2.24, 2.45) is 0 Å². The molecule has 0 bridgehead atoms. The van der Waals surface area contributed by atoms with Gasteiger partial charge in [0.15, 0.2) is 0 Å². The van der Waals surface area contributed by atoms with Crippen molar-refractivity contribution in [2.45, 2.75) is 25.1 Å². The van der Waals surface area contributed by atoms with E-state index in [1.165, 1.54) is 23.6 Å². The zero-order valence-electron chi connectivity index (χ0n) is 15.1. The van der Waals surface area contributed by atoms with Crippen LogP contribution in [0.15, 0.2) is 91.0 Å². The van der Waals surface area contributed by atoms with E-state index in [4.69, 9.17) is 4.43 Å². The lowest BCUT2D eigenvalue weighted by molar-refractivity contribution is -0.132. The summed E-state index contributed by atoms with van der Waals surface area (Å²) in [4.78, 5) is 12.0. The minimum atomic E-state index is -2.43. The van der Waals surface area contributed by atoms with Gasteiger partial charge in [-0.1, -0.05) is 91.0 Å². The van der Waals surface area contributed by atoms with Crippen LogP contribution in [0.4, 0.5) is 0 Å². The van der Waals surface area contributed by atoms with Gasteiger partial charge in [-0.3, -0.25) is 4.79 Å². The third-order valence-electron chi connectivity index (χ3n) is 4.47. The molecule has 0 atom stereocenters. The first kappa shape index (κ1) is 18.1. The molecule has 3 heteroatoms. The van der Waals surface area contributed by atoms with Gasteiger partial charge < -0.3 is 4.43 Å². The third kappa shape index (κ3) is 5.17. The van der Waals surface area contributed by atoms with E-state index in [1.54, 1.807) is 0 Å². The van der Waals surface area contributed by atoms with Crippen molar-refractivity contribution in [2.75, 3.05) is 0 Å². The Kier molecular flexibility index (Phi) is 6.02. The Bertz CT molecular complexity index is 715. The highest BCUT2D eigenvalue weighted by Gasteiger charge is 2.38. The first-order chi connectivity index (χ1) is 12.7. The number of hydrogen-bond acceptors (Lipinski definition) is 2. The number of carbonyl (C=O) groups excluding carboxylic acids is 1. The van der Waals surface area contributed by atoms with E-state index in [9.17, 15) is 4.79 Å². The molecular formula is C23H24O2Si. The van der Waals surface area contributed by atoms with Crippen molar-refractivity contribution in [3.05, 3.63) is 108 Å². The minimum Gasteiger partial charge on any atom is -0.518 e. The molecule has 0 aliphatic rings. The summed E-state index contributed by atoms with van der Waals surface area (Å²) < 4.78 is 6.15. The molecule has 0 aliphatic carbocycles. The molecule has 0 aliphatic heterocycles. The second-order valence-corrected chi connectivity index (χ2v) is 10.4. The fraction of sp³-hybridized carbons (Fsp3) is 0.174. The summed E-state index contributed by atoms with van der Waals surface area (Å²) in [6.07, 6.45) is 0. The van der Waals surface area contributed by atoms with E-state index in [1.807, 2.05) is 54.6 Å². The molecule has 0 saturated heterocycles. The maximum Gasteiger partial charge on any atom is 0.289 e. The summed E-state index contributed by atoms with van der Waals surface area (Å²) in [5, 5.41) is 0. The SMILES string of the molecule is CC(=O)O[Si](Cc1ccccc1)(Cc1ccccc1)Cc1ccccc1. The maximum atomic E-state index is 12.0. The number of rotatable bonds is 7. The second kappa shape index (κ2) is 8.63. The summed E-state index contributed by atoms with van der Waals surface area (Å²) in [7, 11) is -2.43. The monoisotopic (exact) mass is 360 g/mol. The average molecular weight is 361 g/mol. The summed E-state index contributed by atoms with van der Waals surface area (Å²) in [5.41, 5.74) is 3.69. The molecule has 2 nitrogen and oxygen atoms in total. The highest BCUT2D eigenvalue weighted by atomic mass is 28.4. The quantitative estimate of drug-likeness (QED) is 0.564. The van der Waals surface area contributed by atoms with E-state index in [0.717, 1.165) is 18.1 Å². The fourth-order valence-corrected chi connectivity index (χ4v) is 7.64. The Labute approximate surface area is 156 Å². The van der Waals surface area contributed by atoms with Gasteiger partial charge >= 0.3 is 0 Å². The maximum absolute atomic E-state index is 12.0. The van der Waals surface area contributed by atoms with Gasteiger partial charge in [-0.05, 0) is 16.7 Å². The highest BCUT2D eigenvalue weighted by Crippen LogP contribution is 2.24. The van der Waals surface area contributed by atoms with E-state index in [-0.39, 0.29) is 5.97 Å². The van der Waals surface area contributed by atoms with Crippen LogP contribution >= 0.6 is 0 Å². The largest absolute Gasteiger partial charge is 0.518 e. The summed E-state index contributed by atoms with van der Waals surface area (Å²) in [5.74, 6) is -0.181. The smallest absolute Gasteiger partial charge is 0.289 e. The lowest BCUT2D eigenvalue weighted by atomic mass is 10.2. The lowest BCUT2D eigenvalue weighted by Crippen LogP contribution is -2.48. The molecule has 0 amide bonds. The van der Waals surface area contributed by atoms with Crippen molar-refractivity contribution in [3.8, 4) is 0 Å². The molecule has 0 heterocycles. The van der Waals surface area contributed by atoms with Gasteiger partial charge in [0.25, 0.3) is 14.3 Å². The van der Waals surface area contributed by atoms with Crippen LogP contribution in [0.1, 0.15) is 23.6 Å². The van der Waals surface area contributed by atoms with Crippen molar-refractivity contribution in [3.63, 3.8) is 0 Å². The molecule has 0 fully saturated rings. The molecule has 3 rings (SSSR count). The molecule has 0 unspecified atom stereocenters. The molecule has 0 spiro atoms. The zero-order chi connectivity index (χ0) is 18.2. The Morgan fingerprint density at radius 2 is 0.962 bits per heavy atom. The van der Waals surface area contributed by atoms with Crippen molar-refractivity contribution >= 4 is 14.3 Å². The molecular weight excluding hydrogens is 336 g/mol. The van der Waals surface area contributed by atoms with Gasteiger partial charge in [-0.2, -0.15) is 0 Å². The van der Waals surface area contributed by atoms with Crippen LogP contribution in [0.25, 0.3) is 0 Å².